The number of nitrogens with zero attached hydrogens (tertiary/aromatic N) is 1. The number of hydrazone groups is 1. The molecule has 0 spiro atoms. The van der Waals surface area contributed by atoms with Gasteiger partial charge in [0, 0.05) is 20.6 Å². The van der Waals surface area contributed by atoms with E-state index in [1.807, 2.05) is 56.3 Å². The Kier molecular flexibility index (Phi) is 9.15. The van der Waals surface area contributed by atoms with Crippen molar-refractivity contribution in [2.45, 2.75) is 20.5 Å². The minimum absolute atomic E-state index is 0.367. The van der Waals surface area contributed by atoms with Crippen LogP contribution in [0.2, 0.25) is 5.02 Å². The summed E-state index contributed by atoms with van der Waals surface area (Å²) in [5, 5.41) is 4.78. The van der Waals surface area contributed by atoms with Crippen molar-refractivity contribution in [1.82, 2.24) is 5.43 Å². The Morgan fingerprint density at radius 2 is 1.64 bits per heavy atom. The van der Waals surface area contributed by atoms with Gasteiger partial charge in [0.25, 0.3) is 5.91 Å². The average Bonchev–Trinajstić information content (AvgIpc) is 2.81. The maximum absolute atomic E-state index is 12.6. The van der Waals surface area contributed by atoms with Crippen molar-refractivity contribution in [2.75, 3.05) is 13.2 Å². The molecule has 0 aliphatic carbocycles. The van der Waals surface area contributed by atoms with Gasteiger partial charge in [0.05, 0.1) is 19.4 Å². The predicted octanol–water partition coefficient (Wildman–Crippen LogP) is 6.24. The molecule has 0 atom stereocenters. The summed E-state index contributed by atoms with van der Waals surface area (Å²) in [7, 11) is 0. The van der Waals surface area contributed by atoms with Crippen molar-refractivity contribution in [2.24, 2.45) is 5.10 Å². The molecule has 3 rings (SSSR count). The summed E-state index contributed by atoms with van der Waals surface area (Å²) < 4.78 is 17.9. The highest BCUT2D eigenvalue weighted by Gasteiger charge is 2.11. The van der Waals surface area contributed by atoms with Crippen LogP contribution in [0.5, 0.6) is 17.2 Å². The van der Waals surface area contributed by atoms with Crippen molar-refractivity contribution in [3.63, 3.8) is 0 Å². The Bertz CT molecular complexity index is 1120. The van der Waals surface area contributed by atoms with E-state index in [2.05, 4.69) is 26.5 Å². The monoisotopic (exact) mass is 530 g/mol. The van der Waals surface area contributed by atoms with E-state index < -0.39 is 0 Å². The maximum atomic E-state index is 12.6. The lowest BCUT2D eigenvalue weighted by molar-refractivity contribution is 0.0954. The molecule has 1 amide bonds. The Labute approximate surface area is 206 Å². The van der Waals surface area contributed by atoms with Crippen molar-refractivity contribution >= 4 is 39.7 Å². The van der Waals surface area contributed by atoms with Gasteiger partial charge in [-0.15, -0.1) is 0 Å². The zero-order valence-corrected chi connectivity index (χ0v) is 20.7. The predicted molar refractivity (Wildman–Crippen MR) is 134 cm³/mol. The lowest BCUT2D eigenvalue weighted by Crippen LogP contribution is -2.18. The molecule has 0 bridgehead atoms. The molecular formula is C25H24BrClN2O4. The molecule has 0 fully saturated rings. The summed E-state index contributed by atoms with van der Waals surface area (Å²) in [5.41, 5.74) is 4.65. The Morgan fingerprint density at radius 1 is 0.939 bits per heavy atom. The van der Waals surface area contributed by atoms with Gasteiger partial charge < -0.3 is 14.2 Å². The van der Waals surface area contributed by atoms with E-state index in [9.17, 15) is 4.79 Å². The third-order valence-electron chi connectivity index (χ3n) is 4.45. The second kappa shape index (κ2) is 12.3. The number of carbonyl (C=O) groups excluding carboxylic acids is 1. The fourth-order valence-corrected chi connectivity index (χ4v) is 3.42. The highest BCUT2D eigenvalue weighted by molar-refractivity contribution is 9.10. The first-order chi connectivity index (χ1) is 16.0. The average molecular weight is 532 g/mol. The first-order valence-electron chi connectivity index (χ1n) is 10.4. The first-order valence-corrected chi connectivity index (χ1v) is 11.6. The molecule has 0 saturated heterocycles. The fourth-order valence-electron chi connectivity index (χ4n) is 2.91. The van der Waals surface area contributed by atoms with Crippen molar-refractivity contribution < 1.29 is 19.0 Å². The summed E-state index contributed by atoms with van der Waals surface area (Å²) in [6.45, 7) is 5.10. The Hall–Kier alpha value is -3.03. The summed E-state index contributed by atoms with van der Waals surface area (Å²) >= 11 is 9.39. The van der Waals surface area contributed by atoms with Gasteiger partial charge in [-0.3, -0.25) is 4.79 Å². The molecule has 0 saturated carbocycles. The molecule has 0 radical (unpaired) electrons. The van der Waals surface area contributed by atoms with Gasteiger partial charge in [0.15, 0.2) is 11.5 Å². The zero-order chi connectivity index (χ0) is 23.6. The zero-order valence-electron chi connectivity index (χ0n) is 18.3. The highest BCUT2D eigenvalue weighted by Crippen LogP contribution is 2.28. The minimum atomic E-state index is -0.367. The number of amides is 1. The number of halogens is 2. The summed E-state index contributed by atoms with van der Waals surface area (Å²) in [6, 6.07) is 18.0. The van der Waals surface area contributed by atoms with Gasteiger partial charge in [-0.25, -0.2) is 5.43 Å². The molecule has 0 aromatic heterocycles. The second-order valence-corrected chi connectivity index (χ2v) is 8.18. The number of hydrogen-bond donors (Lipinski definition) is 1. The molecule has 0 aliphatic rings. The normalized spacial score (nSPS) is 10.8. The summed E-state index contributed by atoms with van der Waals surface area (Å²) in [6.07, 6.45) is 1.54. The number of benzene rings is 3. The molecule has 0 heterocycles. The molecule has 0 unspecified atom stereocenters. The first kappa shape index (κ1) is 24.6. The molecule has 0 aliphatic heterocycles. The molecule has 1 N–H and O–H groups in total. The van der Waals surface area contributed by atoms with Crippen LogP contribution < -0.4 is 19.6 Å². The van der Waals surface area contributed by atoms with Gasteiger partial charge in [0.2, 0.25) is 0 Å². The van der Waals surface area contributed by atoms with Gasteiger partial charge in [-0.1, -0.05) is 39.7 Å². The summed E-state index contributed by atoms with van der Waals surface area (Å²) in [5.74, 6) is 1.37. The van der Waals surface area contributed by atoms with Crippen LogP contribution in [0, 0.1) is 0 Å². The molecule has 6 nitrogen and oxygen atoms in total. The van der Waals surface area contributed by atoms with Crippen molar-refractivity contribution in [3.05, 3.63) is 86.8 Å². The third-order valence-corrected chi connectivity index (χ3v) is 5.20. The van der Waals surface area contributed by atoms with Crippen LogP contribution in [-0.4, -0.2) is 25.3 Å². The topological polar surface area (TPSA) is 69.2 Å². The number of carbonyl (C=O) groups is 1. The van der Waals surface area contributed by atoms with E-state index in [1.54, 1.807) is 18.2 Å². The van der Waals surface area contributed by atoms with Crippen LogP contribution in [0.15, 0.2) is 70.2 Å². The Balaban J connectivity index is 1.69. The fraction of sp³-hybridized carbons (Fsp3) is 0.200. The smallest absolute Gasteiger partial charge is 0.271 e. The summed E-state index contributed by atoms with van der Waals surface area (Å²) in [4.78, 5) is 12.6. The van der Waals surface area contributed by atoms with Gasteiger partial charge in [-0.05, 0) is 67.9 Å². The molecule has 172 valence electrons. The van der Waals surface area contributed by atoms with E-state index in [0.717, 1.165) is 10.0 Å². The largest absolute Gasteiger partial charge is 0.490 e. The standard InChI is InChI=1S/C25H24BrClN2O4/c1-3-31-23-11-7-18(14-24(23)32-4-2)25(30)29-28-15-19-13-20(26)8-12-22(19)33-16-17-5-9-21(27)10-6-17/h5-15H,3-4,16H2,1-2H3,(H,29,30)/b28-15+. The van der Waals surface area contributed by atoms with E-state index in [0.29, 0.717) is 53.2 Å². The number of nitrogens with one attached hydrogen (secondary N) is 1. The van der Waals surface area contributed by atoms with Crippen LogP contribution in [0.4, 0.5) is 0 Å². The maximum Gasteiger partial charge on any atom is 0.271 e. The second-order valence-electron chi connectivity index (χ2n) is 6.82. The van der Waals surface area contributed by atoms with Gasteiger partial charge in [-0.2, -0.15) is 5.10 Å². The van der Waals surface area contributed by atoms with E-state index in [-0.39, 0.29) is 5.91 Å². The van der Waals surface area contributed by atoms with Crippen LogP contribution in [0.3, 0.4) is 0 Å². The molecule has 33 heavy (non-hydrogen) atoms. The highest BCUT2D eigenvalue weighted by atomic mass is 79.9. The minimum Gasteiger partial charge on any atom is -0.490 e. The van der Waals surface area contributed by atoms with E-state index in [4.69, 9.17) is 25.8 Å². The number of ether oxygens (including phenoxy) is 3. The quantitative estimate of drug-likeness (QED) is 0.248. The lowest BCUT2D eigenvalue weighted by atomic mass is 10.2. The van der Waals surface area contributed by atoms with Crippen LogP contribution in [0.25, 0.3) is 0 Å². The molecule has 8 heteroatoms. The Morgan fingerprint density at radius 3 is 2.36 bits per heavy atom. The molecule has 3 aromatic rings. The van der Waals surface area contributed by atoms with Crippen LogP contribution in [-0.2, 0) is 6.61 Å². The molecular weight excluding hydrogens is 508 g/mol. The number of hydrogen-bond acceptors (Lipinski definition) is 5. The van der Waals surface area contributed by atoms with E-state index in [1.165, 1.54) is 6.21 Å². The van der Waals surface area contributed by atoms with Crippen molar-refractivity contribution in [3.8, 4) is 17.2 Å². The van der Waals surface area contributed by atoms with E-state index >= 15 is 0 Å². The van der Waals surface area contributed by atoms with Gasteiger partial charge >= 0.3 is 0 Å². The SMILES string of the molecule is CCOc1ccc(C(=O)N/N=C/c2cc(Br)ccc2OCc2ccc(Cl)cc2)cc1OCC. The molecule has 3 aromatic carbocycles. The number of rotatable bonds is 10. The van der Waals surface area contributed by atoms with Gasteiger partial charge in [0.1, 0.15) is 12.4 Å². The third kappa shape index (κ3) is 7.23. The van der Waals surface area contributed by atoms with Crippen LogP contribution in [0.1, 0.15) is 35.3 Å². The van der Waals surface area contributed by atoms with Crippen LogP contribution >= 0.6 is 27.5 Å². The lowest BCUT2D eigenvalue weighted by Gasteiger charge is -2.12. The van der Waals surface area contributed by atoms with Crippen molar-refractivity contribution in [1.29, 1.82) is 0 Å².